The summed E-state index contributed by atoms with van der Waals surface area (Å²) in [6.45, 7) is 3.40. The summed E-state index contributed by atoms with van der Waals surface area (Å²) in [5, 5.41) is 4.25. The standard InChI is InChI=1S/C20H27N5O2/c1-14-12-21-13-22-17(14)11-18(26)25-9-7-16(8-10-25)20-23-19(24-27-20)15-5-3-2-4-6-15/h12-13,15-16H,2-11H2,1H3. The second-order valence-corrected chi connectivity index (χ2v) is 7.81. The fraction of sp³-hybridized carbons (Fsp3) is 0.650. The van der Waals surface area contributed by atoms with Gasteiger partial charge >= 0.3 is 0 Å². The molecule has 0 atom stereocenters. The van der Waals surface area contributed by atoms with Crippen LogP contribution in [-0.2, 0) is 11.2 Å². The molecule has 0 radical (unpaired) electrons. The number of amides is 1. The van der Waals surface area contributed by atoms with Crippen molar-refractivity contribution in [1.29, 1.82) is 0 Å². The Kier molecular flexibility index (Phi) is 5.45. The highest BCUT2D eigenvalue weighted by Crippen LogP contribution is 2.33. The Labute approximate surface area is 159 Å². The molecule has 1 saturated carbocycles. The van der Waals surface area contributed by atoms with Crippen LogP contribution in [0.1, 0.15) is 79.8 Å². The number of hydrogen-bond acceptors (Lipinski definition) is 6. The predicted octanol–water partition coefficient (Wildman–Crippen LogP) is 3.16. The fourth-order valence-electron chi connectivity index (χ4n) is 4.18. The highest BCUT2D eigenvalue weighted by Gasteiger charge is 2.29. The lowest BCUT2D eigenvalue weighted by molar-refractivity contribution is -0.131. The average Bonchev–Trinajstić information content (AvgIpc) is 3.21. The molecule has 2 aromatic heterocycles. The molecule has 0 spiro atoms. The number of carbonyl (C=O) groups is 1. The van der Waals surface area contributed by atoms with Gasteiger partial charge in [-0.3, -0.25) is 4.79 Å². The van der Waals surface area contributed by atoms with Crippen LogP contribution in [0.4, 0.5) is 0 Å². The van der Waals surface area contributed by atoms with Crippen LogP contribution in [-0.4, -0.2) is 44.0 Å². The van der Waals surface area contributed by atoms with E-state index in [0.717, 1.165) is 48.9 Å². The van der Waals surface area contributed by atoms with Gasteiger partial charge in [0.1, 0.15) is 6.33 Å². The Balaban J connectivity index is 1.31. The first-order valence-electron chi connectivity index (χ1n) is 10.1. The highest BCUT2D eigenvalue weighted by atomic mass is 16.5. The molecule has 1 amide bonds. The number of hydrogen-bond donors (Lipinski definition) is 0. The maximum absolute atomic E-state index is 12.6. The molecule has 0 N–H and O–H groups in total. The lowest BCUT2D eigenvalue weighted by Gasteiger charge is -2.30. The maximum atomic E-state index is 12.6. The van der Waals surface area contributed by atoms with Gasteiger partial charge in [0.05, 0.1) is 12.1 Å². The van der Waals surface area contributed by atoms with Crippen molar-refractivity contribution in [2.24, 2.45) is 0 Å². The van der Waals surface area contributed by atoms with Gasteiger partial charge in [-0.15, -0.1) is 0 Å². The molecule has 3 heterocycles. The molecule has 2 fully saturated rings. The van der Waals surface area contributed by atoms with E-state index in [1.54, 1.807) is 6.20 Å². The first-order chi connectivity index (χ1) is 13.2. The van der Waals surface area contributed by atoms with Gasteiger partial charge in [-0.25, -0.2) is 9.97 Å². The van der Waals surface area contributed by atoms with E-state index in [1.165, 1.54) is 38.4 Å². The number of aryl methyl sites for hydroxylation is 1. The minimum atomic E-state index is 0.128. The van der Waals surface area contributed by atoms with Gasteiger partial charge in [0.25, 0.3) is 0 Å². The number of nitrogens with zero attached hydrogens (tertiary/aromatic N) is 5. The molecular formula is C20H27N5O2. The van der Waals surface area contributed by atoms with Gasteiger partial charge in [-0.1, -0.05) is 24.4 Å². The van der Waals surface area contributed by atoms with E-state index in [1.807, 2.05) is 11.8 Å². The topological polar surface area (TPSA) is 85.0 Å². The summed E-state index contributed by atoms with van der Waals surface area (Å²) >= 11 is 0. The first-order valence-corrected chi connectivity index (χ1v) is 10.1. The molecule has 2 aromatic rings. The molecule has 4 rings (SSSR count). The Bertz CT molecular complexity index is 776. The average molecular weight is 369 g/mol. The van der Waals surface area contributed by atoms with E-state index in [4.69, 9.17) is 9.51 Å². The van der Waals surface area contributed by atoms with Crippen molar-refractivity contribution in [3.05, 3.63) is 35.5 Å². The Morgan fingerprint density at radius 1 is 1.15 bits per heavy atom. The van der Waals surface area contributed by atoms with Crippen molar-refractivity contribution >= 4 is 5.91 Å². The number of carbonyl (C=O) groups excluding carboxylic acids is 1. The molecule has 1 aliphatic carbocycles. The Morgan fingerprint density at radius 3 is 2.67 bits per heavy atom. The van der Waals surface area contributed by atoms with Gasteiger partial charge < -0.3 is 9.42 Å². The smallest absolute Gasteiger partial charge is 0.229 e. The summed E-state index contributed by atoms with van der Waals surface area (Å²) < 4.78 is 5.58. The van der Waals surface area contributed by atoms with E-state index in [9.17, 15) is 4.79 Å². The fourth-order valence-corrected chi connectivity index (χ4v) is 4.18. The molecule has 27 heavy (non-hydrogen) atoms. The molecule has 144 valence electrons. The Morgan fingerprint density at radius 2 is 1.93 bits per heavy atom. The van der Waals surface area contributed by atoms with Gasteiger partial charge in [-0.2, -0.15) is 4.98 Å². The molecule has 2 aliphatic rings. The normalized spacial score (nSPS) is 19.4. The molecule has 7 nitrogen and oxygen atoms in total. The molecule has 0 bridgehead atoms. The third-order valence-electron chi connectivity index (χ3n) is 5.95. The van der Waals surface area contributed by atoms with Crippen LogP contribution in [0.3, 0.4) is 0 Å². The number of rotatable bonds is 4. The van der Waals surface area contributed by atoms with Crippen molar-refractivity contribution in [2.45, 2.75) is 70.1 Å². The van der Waals surface area contributed by atoms with Gasteiger partial charge in [0.2, 0.25) is 11.8 Å². The molecular weight excluding hydrogens is 342 g/mol. The minimum absolute atomic E-state index is 0.128. The zero-order chi connectivity index (χ0) is 18.6. The lowest BCUT2D eigenvalue weighted by Crippen LogP contribution is -2.39. The summed E-state index contributed by atoms with van der Waals surface area (Å²) in [5.41, 5.74) is 1.77. The third kappa shape index (κ3) is 4.17. The van der Waals surface area contributed by atoms with Gasteiger partial charge in [-0.05, 0) is 38.2 Å². The Hall–Kier alpha value is -2.31. The van der Waals surface area contributed by atoms with Crippen LogP contribution < -0.4 is 0 Å². The molecule has 1 saturated heterocycles. The van der Waals surface area contributed by atoms with Crippen molar-refractivity contribution in [3.63, 3.8) is 0 Å². The van der Waals surface area contributed by atoms with Crippen LogP contribution in [0.15, 0.2) is 17.0 Å². The largest absolute Gasteiger partial charge is 0.342 e. The summed E-state index contributed by atoms with van der Waals surface area (Å²) in [6, 6.07) is 0. The van der Waals surface area contributed by atoms with Gasteiger partial charge in [0.15, 0.2) is 5.82 Å². The molecule has 1 aliphatic heterocycles. The monoisotopic (exact) mass is 369 g/mol. The zero-order valence-electron chi connectivity index (χ0n) is 15.9. The minimum Gasteiger partial charge on any atom is -0.342 e. The number of piperidine rings is 1. The van der Waals surface area contributed by atoms with E-state index < -0.39 is 0 Å². The third-order valence-corrected chi connectivity index (χ3v) is 5.95. The second-order valence-electron chi connectivity index (χ2n) is 7.81. The maximum Gasteiger partial charge on any atom is 0.229 e. The van der Waals surface area contributed by atoms with E-state index >= 15 is 0 Å². The van der Waals surface area contributed by atoms with Crippen molar-refractivity contribution < 1.29 is 9.32 Å². The summed E-state index contributed by atoms with van der Waals surface area (Å²) in [7, 11) is 0. The zero-order valence-corrected chi connectivity index (χ0v) is 15.9. The summed E-state index contributed by atoms with van der Waals surface area (Å²) in [4.78, 5) is 27.4. The van der Waals surface area contributed by atoms with E-state index in [0.29, 0.717) is 12.3 Å². The van der Waals surface area contributed by atoms with E-state index in [2.05, 4.69) is 15.1 Å². The predicted molar refractivity (Wildman–Crippen MR) is 99.2 cm³/mol. The molecule has 0 aromatic carbocycles. The van der Waals surface area contributed by atoms with Crippen LogP contribution in [0.2, 0.25) is 0 Å². The summed E-state index contributed by atoms with van der Waals surface area (Å²) in [5.74, 6) is 2.51. The van der Waals surface area contributed by atoms with Crippen molar-refractivity contribution in [2.75, 3.05) is 13.1 Å². The SMILES string of the molecule is Cc1cncnc1CC(=O)N1CCC(c2nc(C3CCCCC3)no2)CC1. The van der Waals surface area contributed by atoms with Gasteiger partial charge in [0, 0.05) is 31.1 Å². The number of aromatic nitrogens is 4. The highest BCUT2D eigenvalue weighted by molar-refractivity contribution is 5.78. The lowest BCUT2D eigenvalue weighted by atomic mass is 9.89. The van der Waals surface area contributed by atoms with Crippen LogP contribution in [0, 0.1) is 6.92 Å². The quantitative estimate of drug-likeness (QED) is 0.823. The van der Waals surface area contributed by atoms with Crippen molar-refractivity contribution in [3.8, 4) is 0 Å². The van der Waals surface area contributed by atoms with E-state index in [-0.39, 0.29) is 11.8 Å². The van der Waals surface area contributed by atoms with Crippen LogP contribution in [0.5, 0.6) is 0 Å². The number of likely N-dealkylation sites (tertiary alicyclic amines) is 1. The summed E-state index contributed by atoms with van der Waals surface area (Å²) in [6.07, 6.45) is 11.5. The molecule has 7 heteroatoms. The second kappa shape index (κ2) is 8.15. The van der Waals surface area contributed by atoms with Crippen molar-refractivity contribution in [1.82, 2.24) is 25.0 Å². The van der Waals surface area contributed by atoms with Crippen LogP contribution >= 0.6 is 0 Å². The molecule has 0 unspecified atom stereocenters. The first kappa shape index (κ1) is 18.1. The van der Waals surface area contributed by atoms with Crippen LogP contribution in [0.25, 0.3) is 0 Å².